The van der Waals surface area contributed by atoms with Crippen LogP contribution in [0.3, 0.4) is 0 Å². The number of methoxy groups -OCH3 is 1. The zero-order chi connectivity index (χ0) is 11.4. The molecule has 15 heavy (non-hydrogen) atoms. The number of rotatable bonds is 3. The van der Waals surface area contributed by atoms with Crippen LogP contribution in [0.1, 0.15) is 12.7 Å². The fourth-order valence-electron chi connectivity index (χ4n) is 1.05. The summed E-state index contributed by atoms with van der Waals surface area (Å²) in [6.07, 6.45) is 1.32. The van der Waals surface area contributed by atoms with Gasteiger partial charge in [-0.15, -0.1) is 0 Å². The molecule has 0 aromatic carbocycles. The Balaban J connectivity index is 3.23. The van der Waals surface area contributed by atoms with Crippen molar-refractivity contribution in [3.63, 3.8) is 0 Å². The van der Waals surface area contributed by atoms with E-state index in [0.717, 1.165) is 14.0 Å². The molecule has 0 saturated carbocycles. The van der Waals surface area contributed by atoms with E-state index in [1.807, 2.05) is 0 Å². The Morgan fingerprint density at radius 1 is 1.47 bits per heavy atom. The zero-order valence-corrected chi connectivity index (χ0v) is 8.31. The molecule has 80 valence electrons. The summed E-state index contributed by atoms with van der Waals surface area (Å²) in [5.41, 5.74) is -0.424. The molecule has 0 spiro atoms. The average molecular weight is 210 g/mol. The topological polar surface area (TPSA) is 76.7 Å². The first-order chi connectivity index (χ1) is 7.07. The van der Waals surface area contributed by atoms with Crippen molar-refractivity contribution in [2.24, 2.45) is 0 Å². The van der Waals surface area contributed by atoms with Crippen LogP contribution in [0, 0.1) is 0 Å². The van der Waals surface area contributed by atoms with Crippen molar-refractivity contribution in [1.29, 1.82) is 0 Å². The van der Waals surface area contributed by atoms with E-state index in [9.17, 15) is 14.7 Å². The van der Waals surface area contributed by atoms with E-state index in [1.54, 1.807) is 0 Å². The highest BCUT2D eigenvalue weighted by Crippen LogP contribution is 2.17. The molecule has 0 unspecified atom stereocenters. The van der Waals surface area contributed by atoms with E-state index >= 15 is 0 Å². The lowest BCUT2D eigenvalue weighted by atomic mass is 10.1. The predicted molar refractivity (Wildman–Crippen MR) is 51.0 cm³/mol. The Hall–Kier alpha value is -2.04. The van der Waals surface area contributed by atoms with Crippen LogP contribution in [0.4, 0.5) is 0 Å². The zero-order valence-electron chi connectivity index (χ0n) is 8.31. The summed E-state index contributed by atoms with van der Waals surface area (Å²) >= 11 is 0. The van der Waals surface area contributed by atoms with Gasteiger partial charge in [-0.2, -0.15) is 0 Å². The summed E-state index contributed by atoms with van der Waals surface area (Å²) in [6, 6.07) is 2.96. The molecule has 1 heterocycles. The first-order valence-electron chi connectivity index (χ1n) is 4.14. The minimum absolute atomic E-state index is 0.0469. The van der Waals surface area contributed by atoms with E-state index in [1.165, 1.54) is 18.4 Å². The molecule has 0 aliphatic carbocycles. The van der Waals surface area contributed by atoms with Gasteiger partial charge in [-0.1, -0.05) is 0 Å². The van der Waals surface area contributed by atoms with Gasteiger partial charge < -0.3 is 14.3 Å². The molecule has 0 amide bonds. The molecule has 0 aliphatic rings. The number of furan rings is 1. The molecule has 1 aromatic rings. The summed E-state index contributed by atoms with van der Waals surface area (Å²) in [7, 11) is 1.13. The lowest BCUT2D eigenvalue weighted by Crippen LogP contribution is -2.14. The molecule has 0 aliphatic heterocycles. The highest BCUT2D eigenvalue weighted by Gasteiger charge is 2.22. The molecule has 0 fully saturated rings. The Labute approximate surface area is 86.0 Å². The van der Waals surface area contributed by atoms with Gasteiger partial charge in [-0.3, -0.25) is 4.79 Å². The van der Waals surface area contributed by atoms with Crippen LogP contribution >= 0.6 is 0 Å². The first kappa shape index (κ1) is 11.0. The summed E-state index contributed by atoms with van der Waals surface area (Å²) in [4.78, 5) is 22.3. The third-order valence-electron chi connectivity index (χ3n) is 1.73. The monoisotopic (exact) mass is 210 g/mol. The number of carbonyl (C=O) groups excluding carboxylic acids is 2. The normalized spacial score (nSPS) is 11.9. The first-order valence-corrected chi connectivity index (χ1v) is 4.14. The number of hydrogen-bond donors (Lipinski definition) is 1. The molecular formula is C10H10O5. The van der Waals surface area contributed by atoms with Gasteiger partial charge in [0.2, 0.25) is 0 Å². The standard InChI is InChI=1S/C10H10O5/c1-6(11)8(10(13)14-2)9(12)7-4-3-5-15-7/h3-5,12H,1-2H3/b9-8-. The third kappa shape index (κ3) is 2.25. The number of esters is 1. The van der Waals surface area contributed by atoms with Crippen LogP contribution in [0.25, 0.3) is 5.76 Å². The molecule has 0 atom stereocenters. The maximum Gasteiger partial charge on any atom is 0.345 e. The molecule has 1 N–H and O–H groups in total. The molecular weight excluding hydrogens is 200 g/mol. The number of Topliss-reactive ketones (excluding diaryl/α,β-unsaturated/α-hetero) is 1. The second-order valence-electron chi connectivity index (χ2n) is 2.75. The maximum atomic E-state index is 11.2. The third-order valence-corrected chi connectivity index (χ3v) is 1.73. The Bertz CT molecular complexity index is 399. The molecule has 5 heteroatoms. The highest BCUT2D eigenvalue weighted by molar-refractivity contribution is 6.20. The Kier molecular flexibility index (Phi) is 3.28. The lowest BCUT2D eigenvalue weighted by Gasteiger charge is -2.03. The minimum Gasteiger partial charge on any atom is -0.504 e. The van der Waals surface area contributed by atoms with Crippen LogP contribution in [-0.4, -0.2) is 24.0 Å². The molecule has 0 radical (unpaired) electrons. The van der Waals surface area contributed by atoms with Gasteiger partial charge in [-0.25, -0.2) is 4.79 Å². The summed E-state index contributed by atoms with van der Waals surface area (Å²) in [5.74, 6) is -1.95. The average Bonchev–Trinajstić information content (AvgIpc) is 2.69. The van der Waals surface area contributed by atoms with Gasteiger partial charge in [0, 0.05) is 0 Å². The minimum atomic E-state index is -0.892. The number of ether oxygens (including phenoxy) is 1. The van der Waals surface area contributed by atoms with Crippen molar-refractivity contribution in [1.82, 2.24) is 0 Å². The van der Waals surface area contributed by atoms with Crippen LogP contribution in [0.5, 0.6) is 0 Å². The van der Waals surface area contributed by atoms with E-state index < -0.39 is 23.1 Å². The molecule has 1 aromatic heterocycles. The van der Waals surface area contributed by atoms with Crippen molar-refractivity contribution in [3.8, 4) is 0 Å². The molecule has 0 saturated heterocycles. The van der Waals surface area contributed by atoms with Crippen molar-refractivity contribution in [3.05, 3.63) is 29.7 Å². The maximum absolute atomic E-state index is 11.2. The molecule has 1 rings (SSSR count). The Morgan fingerprint density at radius 2 is 2.13 bits per heavy atom. The highest BCUT2D eigenvalue weighted by atomic mass is 16.5. The number of carbonyl (C=O) groups is 2. The quantitative estimate of drug-likeness (QED) is 0.267. The number of ketones is 1. The van der Waals surface area contributed by atoms with Gasteiger partial charge in [-0.05, 0) is 19.1 Å². The number of hydrogen-bond acceptors (Lipinski definition) is 5. The second-order valence-corrected chi connectivity index (χ2v) is 2.75. The van der Waals surface area contributed by atoms with E-state index in [4.69, 9.17) is 4.42 Å². The number of aliphatic hydroxyl groups excluding tert-OH is 1. The SMILES string of the molecule is COC(=O)/C(C(C)=O)=C(\O)c1ccco1. The van der Waals surface area contributed by atoms with Crippen molar-refractivity contribution < 1.29 is 23.8 Å². The van der Waals surface area contributed by atoms with Gasteiger partial charge in [0.1, 0.15) is 5.57 Å². The lowest BCUT2D eigenvalue weighted by molar-refractivity contribution is -0.137. The van der Waals surface area contributed by atoms with Crippen molar-refractivity contribution >= 4 is 17.5 Å². The fraction of sp³-hybridized carbons (Fsp3) is 0.200. The van der Waals surface area contributed by atoms with Crippen LogP contribution in [0.2, 0.25) is 0 Å². The summed E-state index contributed by atoms with van der Waals surface area (Å²) < 4.78 is 9.23. The molecule has 0 bridgehead atoms. The largest absolute Gasteiger partial charge is 0.504 e. The molecule has 5 nitrogen and oxygen atoms in total. The van der Waals surface area contributed by atoms with Crippen molar-refractivity contribution in [2.45, 2.75) is 6.92 Å². The van der Waals surface area contributed by atoms with E-state index in [0.29, 0.717) is 0 Å². The van der Waals surface area contributed by atoms with Gasteiger partial charge in [0.15, 0.2) is 17.3 Å². The van der Waals surface area contributed by atoms with Crippen LogP contribution in [-0.2, 0) is 14.3 Å². The smallest absolute Gasteiger partial charge is 0.345 e. The summed E-state index contributed by atoms with van der Waals surface area (Å²) in [5, 5.41) is 9.61. The summed E-state index contributed by atoms with van der Waals surface area (Å²) in [6.45, 7) is 1.16. The Morgan fingerprint density at radius 3 is 2.53 bits per heavy atom. The predicted octanol–water partition coefficient (Wildman–Crippen LogP) is 1.31. The van der Waals surface area contributed by atoms with Gasteiger partial charge in [0.25, 0.3) is 0 Å². The van der Waals surface area contributed by atoms with E-state index in [-0.39, 0.29) is 5.76 Å². The fourth-order valence-corrected chi connectivity index (χ4v) is 1.05. The van der Waals surface area contributed by atoms with Gasteiger partial charge in [0.05, 0.1) is 13.4 Å². The van der Waals surface area contributed by atoms with E-state index in [2.05, 4.69) is 4.74 Å². The second kappa shape index (κ2) is 4.45. The van der Waals surface area contributed by atoms with Gasteiger partial charge >= 0.3 is 5.97 Å². The van der Waals surface area contributed by atoms with Crippen molar-refractivity contribution in [2.75, 3.05) is 7.11 Å². The van der Waals surface area contributed by atoms with Crippen LogP contribution in [0.15, 0.2) is 28.4 Å². The number of aliphatic hydroxyl groups is 1. The van der Waals surface area contributed by atoms with Crippen LogP contribution < -0.4 is 0 Å².